The van der Waals surface area contributed by atoms with Crippen molar-refractivity contribution in [1.82, 2.24) is 15.3 Å². The number of fused-ring (bicyclic) bond motifs is 1. The minimum Gasteiger partial charge on any atom is -0.362 e. The average Bonchev–Trinajstić information content (AvgIpc) is 2.49. The Kier molecular flexibility index (Phi) is 1.69. The number of hydrogen-bond acceptors (Lipinski definition) is 4. The molecule has 1 aliphatic rings. The summed E-state index contributed by atoms with van der Waals surface area (Å²) in [5.41, 5.74) is 2.37. The van der Waals surface area contributed by atoms with E-state index in [1.54, 1.807) is 6.33 Å². The second-order valence-corrected chi connectivity index (χ2v) is 3.12. The lowest BCUT2D eigenvalue weighted by Crippen LogP contribution is -2.14. The van der Waals surface area contributed by atoms with Gasteiger partial charge in [-0.2, -0.15) is 0 Å². The van der Waals surface area contributed by atoms with Gasteiger partial charge in [-0.05, 0) is 0 Å². The number of anilines is 1. The lowest BCUT2D eigenvalue weighted by Gasteiger charge is -2.13. The van der Waals surface area contributed by atoms with Gasteiger partial charge < -0.3 is 10.2 Å². The molecule has 0 saturated carbocycles. The maximum atomic E-state index is 4.22. The molecule has 0 aliphatic carbocycles. The van der Waals surface area contributed by atoms with Crippen LogP contribution in [0.1, 0.15) is 11.3 Å². The van der Waals surface area contributed by atoms with Gasteiger partial charge in [-0.1, -0.05) is 0 Å². The Morgan fingerprint density at radius 1 is 1.33 bits per heavy atom. The van der Waals surface area contributed by atoms with Crippen molar-refractivity contribution >= 4 is 5.82 Å². The van der Waals surface area contributed by atoms with Gasteiger partial charge >= 0.3 is 0 Å². The lowest BCUT2D eigenvalue weighted by molar-refractivity contribution is 0.757. The fourth-order valence-electron chi connectivity index (χ4n) is 1.46. The van der Waals surface area contributed by atoms with Crippen LogP contribution in [0.2, 0.25) is 0 Å². The second kappa shape index (κ2) is 2.71. The van der Waals surface area contributed by atoms with Crippen molar-refractivity contribution in [3.8, 4) is 0 Å². The Bertz CT molecular complexity index is 295. The van der Waals surface area contributed by atoms with Crippen LogP contribution in [-0.2, 0) is 13.1 Å². The number of hydrogen-bond donors (Lipinski definition) is 1. The highest BCUT2D eigenvalue weighted by Gasteiger charge is 2.16. The van der Waals surface area contributed by atoms with Crippen LogP contribution < -0.4 is 10.2 Å². The highest BCUT2D eigenvalue weighted by atomic mass is 15.2. The predicted octanol–water partition coefficient (Wildman–Crippen LogP) is 0.146. The number of nitrogens with zero attached hydrogens (tertiary/aromatic N) is 3. The van der Waals surface area contributed by atoms with Crippen LogP contribution in [-0.4, -0.2) is 24.1 Å². The zero-order valence-electron chi connectivity index (χ0n) is 7.33. The molecule has 0 atom stereocenters. The molecular weight excluding hydrogens is 152 g/mol. The lowest BCUT2D eigenvalue weighted by atomic mass is 10.2. The molecule has 0 unspecified atom stereocenters. The standard InChI is InChI=1S/C8H12N4/c1-12(2)8-6-3-9-4-7(6)10-5-11-8/h5,9H,3-4H2,1-2H3. The van der Waals surface area contributed by atoms with Crippen LogP contribution in [0.3, 0.4) is 0 Å². The van der Waals surface area contributed by atoms with Gasteiger partial charge in [0.25, 0.3) is 0 Å². The first-order valence-corrected chi connectivity index (χ1v) is 4.00. The quantitative estimate of drug-likeness (QED) is 0.641. The van der Waals surface area contributed by atoms with Crippen LogP contribution in [0, 0.1) is 0 Å². The maximum Gasteiger partial charge on any atom is 0.136 e. The molecule has 0 saturated heterocycles. The van der Waals surface area contributed by atoms with E-state index in [9.17, 15) is 0 Å². The van der Waals surface area contributed by atoms with Crippen LogP contribution >= 0.6 is 0 Å². The van der Waals surface area contributed by atoms with Crippen LogP contribution in [0.25, 0.3) is 0 Å². The summed E-state index contributed by atoms with van der Waals surface area (Å²) in [6, 6.07) is 0. The van der Waals surface area contributed by atoms with Gasteiger partial charge in [0, 0.05) is 32.7 Å². The molecule has 12 heavy (non-hydrogen) atoms. The highest BCUT2D eigenvalue weighted by Crippen LogP contribution is 2.21. The Labute approximate surface area is 71.6 Å². The molecule has 1 aromatic rings. The van der Waals surface area contributed by atoms with Crippen LogP contribution in [0.4, 0.5) is 5.82 Å². The summed E-state index contributed by atoms with van der Waals surface area (Å²) in [6.07, 6.45) is 1.63. The van der Waals surface area contributed by atoms with Gasteiger partial charge in [-0.25, -0.2) is 9.97 Å². The topological polar surface area (TPSA) is 41.1 Å². The molecule has 0 amide bonds. The van der Waals surface area contributed by atoms with Crippen LogP contribution in [0.15, 0.2) is 6.33 Å². The van der Waals surface area contributed by atoms with E-state index in [0.717, 1.165) is 24.6 Å². The van der Waals surface area contributed by atoms with Gasteiger partial charge in [0.2, 0.25) is 0 Å². The van der Waals surface area contributed by atoms with E-state index in [-0.39, 0.29) is 0 Å². The van der Waals surface area contributed by atoms with Gasteiger partial charge in [0.1, 0.15) is 12.1 Å². The molecule has 1 aliphatic heterocycles. The Hall–Kier alpha value is -1.16. The van der Waals surface area contributed by atoms with Crippen LogP contribution in [0.5, 0.6) is 0 Å². The van der Waals surface area contributed by atoms with Gasteiger partial charge in [-0.15, -0.1) is 0 Å². The zero-order valence-corrected chi connectivity index (χ0v) is 7.33. The molecule has 2 rings (SSSR count). The third kappa shape index (κ3) is 1.04. The summed E-state index contributed by atoms with van der Waals surface area (Å²) in [5, 5.41) is 3.25. The van der Waals surface area contributed by atoms with Crippen molar-refractivity contribution in [2.75, 3.05) is 19.0 Å². The van der Waals surface area contributed by atoms with E-state index in [4.69, 9.17) is 0 Å². The summed E-state index contributed by atoms with van der Waals surface area (Å²) < 4.78 is 0. The Morgan fingerprint density at radius 3 is 2.92 bits per heavy atom. The molecule has 0 spiro atoms. The summed E-state index contributed by atoms with van der Waals surface area (Å²) in [5.74, 6) is 1.03. The van der Waals surface area contributed by atoms with E-state index >= 15 is 0 Å². The normalized spacial score (nSPS) is 14.5. The van der Waals surface area contributed by atoms with Gasteiger partial charge in [0.05, 0.1) is 5.69 Å². The van der Waals surface area contributed by atoms with Crippen molar-refractivity contribution < 1.29 is 0 Å². The minimum atomic E-state index is 0.874. The van der Waals surface area contributed by atoms with Crippen molar-refractivity contribution in [3.05, 3.63) is 17.6 Å². The molecular formula is C8H12N4. The monoisotopic (exact) mass is 164 g/mol. The molecule has 0 bridgehead atoms. The molecule has 1 aromatic heterocycles. The summed E-state index contributed by atoms with van der Waals surface area (Å²) in [6.45, 7) is 1.77. The summed E-state index contributed by atoms with van der Waals surface area (Å²) in [7, 11) is 4.00. The van der Waals surface area contributed by atoms with Crippen molar-refractivity contribution in [2.24, 2.45) is 0 Å². The average molecular weight is 164 g/mol. The minimum absolute atomic E-state index is 0.874. The molecule has 0 radical (unpaired) electrons. The number of rotatable bonds is 1. The van der Waals surface area contributed by atoms with E-state index in [0.29, 0.717) is 0 Å². The number of aromatic nitrogens is 2. The van der Waals surface area contributed by atoms with Gasteiger partial charge in [-0.3, -0.25) is 0 Å². The fraction of sp³-hybridized carbons (Fsp3) is 0.500. The second-order valence-electron chi connectivity index (χ2n) is 3.12. The fourth-order valence-corrected chi connectivity index (χ4v) is 1.46. The van der Waals surface area contributed by atoms with Gasteiger partial charge in [0.15, 0.2) is 0 Å². The van der Waals surface area contributed by atoms with Crippen molar-refractivity contribution in [1.29, 1.82) is 0 Å². The number of nitrogens with one attached hydrogen (secondary N) is 1. The van der Waals surface area contributed by atoms with Crippen molar-refractivity contribution in [2.45, 2.75) is 13.1 Å². The molecule has 0 fully saturated rings. The Morgan fingerprint density at radius 2 is 2.17 bits per heavy atom. The first-order chi connectivity index (χ1) is 5.79. The SMILES string of the molecule is CN(C)c1ncnc2c1CNC2. The van der Waals surface area contributed by atoms with E-state index in [1.165, 1.54) is 5.56 Å². The molecule has 64 valence electrons. The third-order valence-electron chi connectivity index (χ3n) is 2.03. The first-order valence-electron chi connectivity index (χ1n) is 4.00. The third-order valence-corrected chi connectivity index (χ3v) is 2.03. The van der Waals surface area contributed by atoms with E-state index < -0.39 is 0 Å². The molecule has 2 heterocycles. The highest BCUT2D eigenvalue weighted by molar-refractivity contribution is 5.48. The smallest absolute Gasteiger partial charge is 0.136 e. The maximum absolute atomic E-state index is 4.22. The van der Waals surface area contributed by atoms with E-state index in [2.05, 4.69) is 15.3 Å². The van der Waals surface area contributed by atoms with Crippen molar-refractivity contribution in [3.63, 3.8) is 0 Å². The molecule has 0 aromatic carbocycles. The first kappa shape index (κ1) is 7.49. The zero-order chi connectivity index (χ0) is 8.55. The predicted molar refractivity (Wildman–Crippen MR) is 46.9 cm³/mol. The summed E-state index contributed by atoms with van der Waals surface area (Å²) >= 11 is 0. The molecule has 4 nitrogen and oxygen atoms in total. The largest absolute Gasteiger partial charge is 0.362 e. The molecule has 1 N–H and O–H groups in total. The van der Waals surface area contributed by atoms with E-state index in [1.807, 2.05) is 19.0 Å². The summed E-state index contributed by atoms with van der Waals surface area (Å²) in [4.78, 5) is 10.4. The Balaban J connectivity index is 2.49. The molecule has 4 heteroatoms.